The Morgan fingerprint density at radius 1 is 1.00 bits per heavy atom. The summed E-state index contributed by atoms with van der Waals surface area (Å²) in [5.74, 6) is -1.70. The van der Waals surface area contributed by atoms with Crippen LogP contribution in [0.2, 0.25) is 0 Å². The highest BCUT2D eigenvalue weighted by Gasteiger charge is 2.23. The summed E-state index contributed by atoms with van der Waals surface area (Å²) in [5, 5.41) is 4.97. The van der Waals surface area contributed by atoms with Crippen LogP contribution in [0.1, 0.15) is 37.0 Å². The first-order valence-corrected chi connectivity index (χ1v) is 10.1. The molecular formula is C22H26F2N4O2. The predicted octanol–water partition coefficient (Wildman–Crippen LogP) is 4.69. The highest BCUT2D eigenvalue weighted by atomic mass is 19.1. The van der Waals surface area contributed by atoms with Gasteiger partial charge in [-0.3, -0.25) is 4.79 Å². The highest BCUT2D eigenvalue weighted by Crippen LogP contribution is 2.29. The maximum Gasteiger partial charge on any atom is 0.323 e. The highest BCUT2D eigenvalue weighted by molar-refractivity contribution is 6.04. The molecule has 160 valence electrons. The fourth-order valence-corrected chi connectivity index (χ4v) is 3.58. The van der Waals surface area contributed by atoms with Gasteiger partial charge in [0.25, 0.3) is 5.91 Å². The number of hydrogen-bond acceptors (Lipinski definition) is 3. The van der Waals surface area contributed by atoms with Gasteiger partial charge < -0.3 is 20.4 Å². The molecule has 0 bridgehead atoms. The number of anilines is 3. The van der Waals surface area contributed by atoms with Gasteiger partial charge in [-0.05, 0) is 57.0 Å². The first kappa shape index (κ1) is 21.5. The van der Waals surface area contributed by atoms with Crippen LogP contribution < -0.4 is 15.5 Å². The number of benzene rings is 2. The van der Waals surface area contributed by atoms with Crippen molar-refractivity contribution in [3.8, 4) is 0 Å². The van der Waals surface area contributed by atoms with Crippen molar-refractivity contribution in [2.75, 3.05) is 41.7 Å². The molecule has 3 amide bonds. The van der Waals surface area contributed by atoms with Gasteiger partial charge in [-0.15, -0.1) is 0 Å². The van der Waals surface area contributed by atoms with Gasteiger partial charge in [-0.1, -0.05) is 0 Å². The average Bonchev–Trinajstić information content (AvgIpc) is 3.25. The van der Waals surface area contributed by atoms with Crippen molar-refractivity contribution in [3.05, 3.63) is 53.6 Å². The van der Waals surface area contributed by atoms with Crippen molar-refractivity contribution in [2.24, 2.45) is 0 Å². The molecule has 30 heavy (non-hydrogen) atoms. The minimum Gasteiger partial charge on any atom is -0.371 e. The van der Waals surface area contributed by atoms with Gasteiger partial charge in [-0.2, -0.15) is 0 Å². The van der Waals surface area contributed by atoms with Crippen molar-refractivity contribution < 1.29 is 18.4 Å². The number of halogens is 2. The zero-order chi connectivity index (χ0) is 21.7. The summed E-state index contributed by atoms with van der Waals surface area (Å²) in [7, 11) is 0. The number of nitrogens with zero attached hydrogens (tertiary/aromatic N) is 2. The van der Waals surface area contributed by atoms with Crippen LogP contribution in [0.5, 0.6) is 0 Å². The van der Waals surface area contributed by atoms with Crippen LogP contribution in [0.25, 0.3) is 0 Å². The third-order valence-corrected chi connectivity index (χ3v) is 5.16. The Hall–Kier alpha value is -3.16. The van der Waals surface area contributed by atoms with E-state index in [1.165, 1.54) is 0 Å². The Kier molecular flexibility index (Phi) is 6.87. The van der Waals surface area contributed by atoms with Crippen molar-refractivity contribution in [3.63, 3.8) is 0 Å². The molecule has 1 aliphatic heterocycles. The van der Waals surface area contributed by atoms with Crippen molar-refractivity contribution in [2.45, 2.75) is 26.7 Å². The van der Waals surface area contributed by atoms with Crippen molar-refractivity contribution >= 4 is 29.0 Å². The second-order valence-corrected chi connectivity index (χ2v) is 7.11. The summed E-state index contributed by atoms with van der Waals surface area (Å²) in [6.45, 7) is 6.77. The number of carbonyl (C=O) groups is 2. The third kappa shape index (κ3) is 4.87. The molecule has 3 rings (SSSR count). The minimum absolute atomic E-state index is 0.101. The van der Waals surface area contributed by atoms with E-state index in [1.54, 1.807) is 17.0 Å². The summed E-state index contributed by atoms with van der Waals surface area (Å²) in [6, 6.07) is 7.41. The van der Waals surface area contributed by atoms with Crippen LogP contribution in [0.4, 0.5) is 30.6 Å². The lowest BCUT2D eigenvalue weighted by Crippen LogP contribution is -2.32. The van der Waals surface area contributed by atoms with E-state index in [1.807, 2.05) is 19.9 Å². The summed E-state index contributed by atoms with van der Waals surface area (Å²) in [6.07, 6.45) is 2.15. The van der Waals surface area contributed by atoms with E-state index in [9.17, 15) is 18.4 Å². The molecule has 1 heterocycles. The van der Waals surface area contributed by atoms with Gasteiger partial charge in [0.2, 0.25) is 0 Å². The first-order chi connectivity index (χ1) is 14.4. The standard InChI is InChI=1S/C22H26F2N4O2/c1-3-27(4-2)21(29)17-14-16(8-10-20(17)28-11-5-6-12-28)25-22(30)26-19-9-7-15(23)13-18(19)24/h7-10,13-14H,3-6,11-12H2,1-2H3,(H2,25,26,30). The van der Waals surface area contributed by atoms with Crippen LogP contribution in [0.15, 0.2) is 36.4 Å². The SMILES string of the molecule is CCN(CC)C(=O)c1cc(NC(=O)Nc2ccc(F)cc2F)ccc1N1CCCC1. The van der Waals surface area contributed by atoms with E-state index < -0.39 is 17.7 Å². The Morgan fingerprint density at radius 2 is 1.70 bits per heavy atom. The molecule has 0 saturated carbocycles. The molecule has 6 nitrogen and oxygen atoms in total. The van der Waals surface area contributed by atoms with Crippen LogP contribution >= 0.6 is 0 Å². The number of nitrogens with one attached hydrogen (secondary N) is 2. The molecule has 0 atom stereocenters. The predicted molar refractivity (Wildman–Crippen MR) is 114 cm³/mol. The number of carbonyl (C=O) groups excluding carboxylic acids is 2. The van der Waals surface area contributed by atoms with Gasteiger partial charge in [0.05, 0.1) is 11.3 Å². The van der Waals surface area contributed by atoms with E-state index in [0.29, 0.717) is 30.4 Å². The maximum atomic E-state index is 13.8. The molecule has 0 aromatic heterocycles. The van der Waals surface area contributed by atoms with Crippen molar-refractivity contribution in [1.82, 2.24) is 4.90 Å². The van der Waals surface area contributed by atoms with Crippen LogP contribution in [-0.2, 0) is 0 Å². The van der Waals surface area contributed by atoms with Gasteiger partial charge in [-0.25, -0.2) is 13.6 Å². The normalized spacial score (nSPS) is 13.3. The lowest BCUT2D eigenvalue weighted by molar-refractivity contribution is 0.0773. The number of rotatable bonds is 6. The molecule has 2 aromatic rings. The zero-order valence-electron chi connectivity index (χ0n) is 17.2. The number of amides is 3. The largest absolute Gasteiger partial charge is 0.371 e. The Morgan fingerprint density at radius 3 is 2.33 bits per heavy atom. The number of urea groups is 1. The lowest BCUT2D eigenvalue weighted by atomic mass is 10.1. The van der Waals surface area contributed by atoms with E-state index in [2.05, 4.69) is 15.5 Å². The second-order valence-electron chi connectivity index (χ2n) is 7.11. The monoisotopic (exact) mass is 416 g/mol. The first-order valence-electron chi connectivity index (χ1n) is 10.1. The molecule has 8 heteroatoms. The molecule has 1 saturated heterocycles. The number of hydrogen-bond donors (Lipinski definition) is 2. The zero-order valence-corrected chi connectivity index (χ0v) is 17.2. The summed E-state index contributed by atoms with van der Waals surface area (Å²) < 4.78 is 26.8. The van der Waals surface area contributed by atoms with E-state index in [0.717, 1.165) is 43.8 Å². The molecule has 2 N–H and O–H groups in total. The summed E-state index contributed by atoms with van der Waals surface area (Å²) in [5.41, 5.74) is 1.64. The smallest absolute Gasteiger partial charge is 0.323 e. The molecule has 2 aromatic carbocycles. The summed E-state index contributed by atoms with van der Waals surface area (Å²) in [4.78, 5) is 29.3. The van der Waals surface area contributed by atoms with E-state index in [-0.39, 0.29) is 11.6 Å². The van der Waals surface area contributed by atoms with Crippen LogP contribution in [0.3, 0.4) is 0 Å². The Bertz CT molecular complexity index is 925. The molecule has 1 aliphatic rings. The summed E-state index contributed by atoms with van der Waals surface area (Å²) >= 11 is 0. The molecule has 0 aliphatic carbocycles. The lowest BCUT2D eigenvalue weighted by Gasteiger charge is -2.25. The second kappa shape index (κ2) is 9.56. The Balaban J connectivity index is 1.83. The topological polar surface area (TPSA) is 64.7 Å². The van der Waals surface area contributed by atoms with Crippen LogP contribution in [0, 0.1) is 11.6 Å². The quantitative estimate of drug-likeness (QED) is 0.718. The molecule has 0 spiro atoms. The van der Waals surface area contributed by atoms with Crippen LogP contribution in [-0.4, -0.2) is 43.0 Å². The third-order valence-electron chi connectivity index (χ3n) is 5.16. The van der Waals surface area contributed by atoms with Crippen molar-refractivity contribution in [1.29, 1.82) is 0 Å². The maximum absolute atomic E-state index is 13.8. The van der Waals surface area contributed by atoms with E-state index >= 15 is 0 Å². The van der Waals surface area contributed by atoms with Gasteiger partial charge >= 0.3 is 6.03 Å². The fraction of sp³-hybridized carbons (Fsp3) is 0.364. The van der Waals surface area contributed by atoms with Gasteiger partial charge in [0.15, 0.2) is 0 Å². The molecule has 0 unspecified atom stereocenters. The Labute approximate surface area is 174 Å². The fourth-order valence-electron chi connectivity index (χ4n) is 3.58. The van der Waals surface area contributed by atoms with Gasteiger partial charge in [0.1, 0.15) is 11.6 Å². The molecule has 0 radical (unpaired) electrons. The molecular weight excluding hydrogens is 390 g/mol. The van der Waals surface area contributed by atoms with E-state index in [4.69, 9.17) is 0 Å². The molecule has 1 fully saturated rings. The van der Waals surface area contributed by atoms with Gasteiger partial charge in [0, 0.05) is 43.6 Å². The average molecular weight is 416 g/mol. The minimum atomic E-state index is -0.869.